The van der Waals surface area contributed by atoms with Crippen LogP contribution in [0, 0.1) is 0 Å². The van der Waals surface area contributed by atoms with E-state index in [1.807, 2.05) is 11.7 Å². The lowest BCUT2D eigenvalue weighted by atomic mass is 10.2. The van der Waals surface area contributed by atoms with E-state index in [9.17, 15) is 0 Å². The van der Waals surface area contributed by atoms with Crippen molar-refractivity contribution in [2.24, 2.45) is 7.05 Å². The van der Waals surface area contributed by atoms with Crippen molar-refractivity contribution in [2.75, 3.05) is 0 Å². The van der Waals surface area contributed by atoms with E-state index in [-0.39, 0.29) is 5.54 Å². The summed E-state index contributed by atoms with van der Waals surface area (Å²) in [5, 5.41) is 4.61. The number of aryl methyl sites for hydroxylation is 2. The predicted octanol–water partition coefficient (Wildman–Crippen LogP) is 2.97. The standard InChI is InChI=1S/C13H19ClN4/c1-4-5-9-11-12(17(3)16-9)18(10(8-14)15-11)13(2)6-7-13/h4-8H2,1-3H3. The number of alkyl halides is 1. The Bertz CT molecular complexity index is 592. The Labute approximate surface area is 112 Å². The van der Waals surface area contributed by atoms with Crippen LogP contribution in [0.1, 0.15) is 44.6 Å². The van der Waals surface area contributed by atoms with Crippen molar-refractivity contribution in [1.82, 2.24) is 19.3 Å². The first-order valence-corrected chi connectivity index (χ1v) is 7.14. The number of halogens is 1. The number of hydrogen-bond acceptors (Lipinski definition) is 2. The zero-order chi connectivity index (χ0) is 12.9. The van der Waals surface area contributed by atoms with Crippen LogP contribution < -0.4 is 0 Å². The molecule has 0 bridgehead atoms. The van der Waals surface area contributed by atoms with Gasteiger partial charge in [-0.15, -0.1) is 11.6 Å². The number of nitrogens with zero attached hydrogens (tertiary/aromatic N) is 4. The molecule has 0 saturated heterocycles. The van der Waals surface area contributed by atoms with Crippen molar-refractivity contribution >= 4 is 22.8 Å². The van der Waals surface area contributed by atoms with Crippen LogP contribution in [-0.4, -0.2) is 19.3 Å². The first kappa shape index (κ1) is 12.0. The SMILES string of the molecule is CCCc1nn(C)c2c1nc(CCl)n2C1(C)CC1. The molecular weight excluding hydrogens is 248 g/mol. The maximum absolute atomic E-state index is 6.06. The van der Waals surface area contributed by atoms with Crippen molar-refractivity contribution in [3.8, 4) is 0 Å². The molecule has 5 heteroatoms. The average molecular weight is 267 g/mol. The van der Waals surface area contributed by atoms with Gasteiger partial charge in [-0.3, -0.25) is 4.68 Å². The lowest BCUT2D eigenvalue weighted by Gasteiger charge is -2.15. The fourth-order valence-electron chi connectivity index (χ4n) is 2.69. The first-order chi connectivity index (χ1) is 8.60. The molecule has 0 amide bonds. The molecule has 0 N–H and O–H groups in total. The predicted molar refractivity (Wildman–Crippen MR) is 72.9 cm³/mol. The third-order valence-corrected chi connectivity index (χ3v) is 4.13. The monoisotopic (exact) mass is 266 g/mol. The molecule has 0 spiro atoms. The Morgan fingerprint density at radius 1 is 1.39 bits per heavy atom. The van der Waals surface area contributed by atoms with Crippen LogP contribution in [0.5, 0.6) is 0 Å². The molecule has 1 aliphatic carbocycles. The van der Waals surface area contributed by atoms with Crippen LogP contribution in [0.2, 0.25) is 0 Å². The summed E-state index contributed by atoms with van der Waals surface area (Å²) in [5.41, 5.74) is 3.48. The molecule has 0 radical (unpaired) electrons. The van der Waals surface area contributed by atoms with E-state index in [1.165, 1.54) is 12.8 Å². The quantitative estimate of drug-likeness (QED) is 0.798. The van der Waals surface area contributed by atoms with E-state index in [0.29, 0.717) is 5.88 Å². The van der Waals surface area contributed by atoms with Gasteiger partial charge in [0.15, 0.2) is 5.65 Å². The average Bonchev–Trinajstić information content (AvgIpc) is 2.86. The molecule has 18 heavy (non-hydrogen) atoms. The van der Waals surface area contributed by atoms with E-state index in [0.717, 1.165) is 35.5 Å². The van der Waals surface area contributed by atoms with Gasteiger partial charge >= 0.3 is 0 Å². The number of hydrogen-bond donors (Lipinski definition) is 0. The highest BCUT2D eigenvalue weighted by Crippen LogP contribution is 2.46. The van der Waals surface area contributed by atoms with Crippen LogP contribution in [-0.2, 0) is 24.9 Å². The molecule has 2 heterocycles. The molecule has 4 nitrogen and oxygen atoms in total. The Balaban J connectivity index is 2.26. The second kappa shape index (κ2) is 3.98. The summed E-state index contributed by atoms with van der Waals surface area (Å²) in [6.45, 7) is 4.44. The highest BCUT2D eigenvalue weighted by Gasteiger charge is 2.42. The van der Waals surface area contributed by atoms with Crippen LogP contribution in [0.25, 0.3) is 11.2 Å². The van der Waals surface area contributed by atoms with Gasteiger partial charge in [0.05, 0.1) is 11.6 Å². The molecule has 1 aliphatic rings. The maximum Gasteiger partial charge on any atom is 0.159 e. The number of rotatable bonds is 4. The fraction of sp³-hybridized carbons (Fsp3) is 0.692. The molecule has 0 atom stereocenters. The molecule has 98 valence electrons. The number of imidazole rings is 1. The van der Waals surface area contributed by atoms with Crippen molar-refractivity contribution < 1.29 is 0 Å². The molecule has 3 rings (SSSR count). The lowest BCUT2D eigenvalue weighted by Crippen LogP contribution is -2.17. The number of fused-ring (bicyclic) bond motifs is 1. The minimum atomic E-state index is 0.205. The minimum Gasteiger partial charge on any atom is -0.306 e. The zero-order valence-corrected chi connectivity index (χ0v) is 12.0. The van der Waals surface area contributed by atoms with Gasteiger partial charge < -0.3 is 4.57 Å². The van der Waals surface area contributed by atoms with Crippen molar-refractivity contribution in [2.45, 2.75) is 50.9 Å². The van der Waals surface area contributed by atoms with Gasteiger partial charge in [0, 0.05) is 12.6 Å². The third-order valence-electron chi connectivity index (χ3n) is 3.89. The van der Waals surface area contributed by atoms with E-state index >= 15 is 0 Å². The topological polar surface area (TPSA) is 35.6 Å². The Kier molecular flexibility index (Phi) is 2.66. The molecule has 0 aromatic carbocycles. The first-order valence-electron chi connectivity index (χ1n) is 6.60. The summed E-state index contributed by atoms with van der Waals surface area (Å²) in [6, 6.07) is 0. The Morgan fingerprint density at radius 3 is 2.67 bits per heavy atom. The molecule has 2 aromatic heterocycles. The Hall–Kier alpha value is -1.03. The van der Waals surface area contributed by atoms with Gasteiger partial charge in [0.2, 0.25) is 0 Å². The summed E-state index contributed by atoms with van der Waals surface area (Å²) >= 11 is 6.06. The van der Waals surface area contributed by atoms with Gasteiger partial charge in [0.25, 0.3) is 0 Å². The highest BCUT2D eigenvalue weighted by molar-refractivity contribution is 6.16. The fourth-order valence-corrected chi connectivity index (χ4v) is 2.87. The minimum absolute atomic E-state index is 0.205. The Morgan fingerprint density at radius 2 is 2.11 bits per heavy atom. The van der Waals surface area contributed by atoms with Crippen LogP contribution in [0.3, 0.4) is 0 Å². The largest absolute Gasteiger partial charge is 0.306 e. The van der Waals surface area contributed by atoms with E-state index in [2.05, 4.69) is 23.5 Å². The van der Waals surface area contributed by atoms with Crippen LogP contribution in [0.4, 0.5) is 0 Å². The summed E-state index contributed by atoms with van der Waals surface area (Å²) in [7, 11) is 2.00. The van der Waals surface area contributed by atoms with Gasteiger partial charge in [-0.1, -0.05) is 13.3 Å². The molecule has 0 aliphatic heterocycles. The van der Waals surface area contributed by atoms with Crippen LogP contribution in [0.15, 0.2) is 0 Å². The van der Waals surface area contributed by atoms with E-state index < -0.39 is 0 Å². The van der Waals surface area contributed by atoms with Gasteiger partial charge in [-0.2, -0.15) is 5.10 Å². The molecule has 2 aromatic rings. The molecule has 1 saturated carbocycles. The molecule has 1 fully saturated rings. The van der Waals surface area contributed by atoms with E-state index in [4.69, 9.17) is 16.6 Å². The second-order valence-electron chi connectivity index (χ2n) is 5.49. The number of aromatic nitrogens is 4. The van der Waals surface area contributed by atoms with Crippen LogP contribution >= 0.6 is 11.6 Å². The third kappa shape index (κ3) is 1.58. The molecular formula is C13H19ClN4. The second-order valence-corrected chi connectivity index (χ2v) is 5.75. The van der Waals surface area contributed by atoms with E-state index in [1.54, 1.807) is 0 Å². The smallest absolute Gasteiger partial charge is 0.159 e. The van der Waals surface area contributed by atoms with Crippen molar-refractivity contribution in [1.29, 1.82) is 0 Å². The highest BCUT2D eigenvalue weighted by atomic mass is 35.5. The van der Waals surface area contributed by atoms with Gasteiger partial charge in [0.1, 0.15) is 11.3 Å². The lowest BCUT2D eigenvalue weighted by molar-refractivity contribution is 0.517. The summed E-state index contributed by atoms with van der Waals surface area (Å²) in [5.74, 6) is 1.45. The normalized spacial score (nSPS) is 17.6. The van der Waals surface area contributed by atoms with Gasteiger partial charge in [-0.05, 0) is 26.2 Å². The molecule has 0 unspecified atom stereocenters. The maximum atomic E-state index is 6.06. The summed E-state index contributed by atoms with van der Waals surface area (Å²) in [6.07, 6.45) is 4.48. The van der Waals surface area contributed by atoms with Crippen molar-refractivity contribution in [3.05, 3.63) is 11.5 Å². The summed E-state index contributed by atoms with van der Waals surface area (Å²) in [4.78, 5) is 4.72. The zero-order valence-electron chi connectivity index (χ0n) is 11.2. The van der Waals surface area contributed by atoms with Gasteiger partial charge in [-0.25, -0.2) is 4.98 Å². The van der Waals surface area contributed by atoms with Crippen molar-refractivity contribution in [3.63, 3.8) is 0 Å². The summed E-state index contributed by atoms with van der Waals surface area (Å²) < 4.78 is 4.27.